The molecule has 6 nitrogen and oxygen atoms in total. The maximum Gasteiger partial charge on any atom is 0.343 e. The van der Waals surface area contributed by atoms with Crippen molar-refractivity contribution in [2.75, 3.05) is 6.61 Å². The van der Waals surface area contributed by atoms with Crippen molar-refractivity contribution in [3.05, 3.63) is 107 Å². The normalized spacial score (nSPS) is 10.9. The summed E-state index contributed by atoms with van der Waals surface area (Å²) in [5.41, 5.74) is 5.07. The van der Waals surface area contributed by atoms with Crippen LogP contribution < -0.4 is 14.9 Å². The number of esters is 1. The molecule has 0 spiro atoms. The number of nitrogens with zero attached hydrogens (tertiary/aromatic N) is 1. The average molecular weight is 453 g/mol. The molecule has 0 heterocycles. The zero-order valence-electron chi connectivity index (χ0n) is 18.9. The van der Waals surface area contributed by atoms with Gasteiger partial charge in [-0.15, -0.1) is 0 Å². The largest absolute Gasteiger partial charge is 0.494 e. The Balaban J connectivity index is 1.57. The van der Waals surface area contributed by atoms with Crippen molar-refractivity contribution in [2.45, 2.75) is 13.8 Å². The van der Waals surface area contributed by atoms with E-state index >= 15 is 0 Å². The molecule has 6 heteroatoms. The van der Waals surface area contributed by atoms with Gasteiger partial charge in [-0.3, -0.25) is 4.79 Å². The van der Waals surface area contributed by atoms with E-state index < -0.39 is 5.97 Å². The molecule has 0 bridgehead atoms. The second-order valence-electron chi connectivity index (χ2n) is 7.61. The predicted molar refractivity (Wildman–Crippen MR) is 133 cm³/mol. The molecule has 0 radical (unpaired) electrons. The number of ether oxygens (including phenoxy) is 2. The molecule has 0 aliphatic carbocycles. The van der Waals surface area contributed by atoms with Gasteiger partial charge in [-0.2, -0.15) is 5.10 Å². The van der Waals surface area contributed by atoms with E-state index in [4.69, 9.17) is 9.47 Å². The van der Waals surface area contributed by atoms with E-state index in [1.54, 1.807) is 42.5 Å². The molecule has 0 atom stereocenters. The van der Waals surface area contributed by atoms with E-state index in [2.05, 4.69) is 10.5 Å². The van der Waals surface area contributed by atoms with Crippen LogP contribution in [0.2, 0.25) is 0 Å². The summed E-state index contributed by atoms with van der Waals surface area (Å²) in [5.74, 6) is 0.211. The van der Waals surface area contributed by atoms with Crippen molar-refractivity contribution >= 4 is 28.9 Å². The van der Waals surface area contributed by atoms with Crippen LogP contribution >= 0.6 is 0 Å². The third-order valence-electron chi connectivity index (χ3n) is 5.21. The van der Waals surface area contributed by atoms with Gasteiger partial charge in [0.1, 0.15) is 11.5 Å². The first kappa shape index (κ1) is 22.7. The molecule has 0 unspecified atom stereocenters. The Hall–Kier alpha value is -4.45. The quantitative estimate of drug-likeness (QED) is 0.173. The van der Waals surface area contributed by atoms with E-state index in [1.807, 2.05) is 56.3 Å². The summed E-state index contributed by atoms with van der Waals surface area (Å²) >= 11 is 0. The summed E-state index contributed by atoms with van der Waals surface area (Å²) in [6.07, 6.45) is 1.49. The second-order valence-corrected chi connectivity index (χ2v) is 7.61. The van der Waals surface area contributed by atoms with Crippen molar-refractivity contribution in [2.24, 2.45) is 5.10 Å². The van der Waals surface area contributed by atoms with Gasteiger partial charge in [-0.05, 0) is 67.1 Å². The van der Waals surface area contributed by atoms with Crippen molar-refractivity contribution in [3.63, 3.8) is 0 Å². The first-order chi connectivity index (χ1) is 16.5. The summed E-state index contributed by atoms with van der Waals surface area (Å²) in [6.45, 7) is 4.40. The van der Waals surface area contributed by atoms with Crippen LogP contribution in [0.15, 0.2) is 90.0 Å². The Labute approximate surface area is 197 Å². The monoisotopic (exact) mass is 452 g/mol. The molecule has 4 aromatic carbocycles. The van der Waals surface area contributed by atoms with Crippen LogP contribution in [0.25, 0.3) is 10.8 Å². The predicted octanol–water partition coefficient (Wildman–Crippen LogP) is 5.53. The summed E-state index contributed by atoms with van der Waals surface area (Å²) in [4.78, 5) is 25.2. The highest BCUT2D eigenvalue weighted by atomic mass is 16.5. The first-order valence-electron chi connectivity index (χ1n) is 10.9. The number of amides is 1. The maximum absolute atomic E-state index is 12.7. The standard InChI is InChI=1S/C28H24N2O4/c1-3-33-23-15-12-21(13-16-23)27(31)30-29-18-25-24-7-5-4-6-20(24)14-17-26(25)34-28(32)22-10-8-19(2)9-11-22/h4-18H,3H2,1-2H3,(H,30,31)/b29-18-. The topological polar surface area (TPSA) is 77.0 Å². The van der Waals surface area contributed by atoms with Crippen LogP contribution in [-0.4, -0.2) is 24.7 Å². The van der Waals surface area contributed by atoms with Gasteiger partial charge in [-0.1, -0.05) is 48.0 Å². The summed E-state index contributed by atoms with van der Waals surface area (Å²) in [5, 5.41) is 5.93. The summed E-state index contributed by atoms with van der Waals surface area (Å²) < 4.78 is 11.1. The number of aryl methyl sites for hydroxylation is 1. The number of hydrogen-bond acceptors (Lipinski definition) is 5. The van der Waals surface area contributed by atoms with E-state index in [0.717, 1.165) is 16.3 Å². The van der Waals surface area contributed by atoms with Crippen LogP contribution in [-0.2, 0) is 0 Å². The highest BCUT2D eigenvalue weighted by Gasteiger charge is 2.14. The molecule has 0 saturated carbocycles. The number of rotatable bonds is 7. The van der Waals surface area contributed by atoms with Crippen molar-refractivity contribution < 1.29 is 19.1 Å². The van der Waals surface area contributed by atoms with Gasteiger partial charge in [0.2, 0.25) is 0 Å². The van der Waals surface area contributed by atoms with Gasteiger partial charge in [0.15, 0.2) is 0 Å². The minimum atomic E-state index is -0.469. The third kappa shape index (κ3) is 5.30. The molecule has 4 aromatic rings. The van der Waals surface area contributed by atoms with Crippen LogP contribution in [0, 0.1) is 6.92 Å². The summed E-state index contributed by atoms with van der Waals surface area (Å²) in [7, 11) is 0. The molecule has 1 N–H and O–H groups in total. The Bertz CT molecular complexity index is 1340. The number of hydrogen-bond donors (Lipinski definition) is 1. The molecule has 1 amide bonds. The smallest absolute Gasteiger partial charge is 0.343 e. The molecular formula is C28H24N2O4. The number of carbonyl (C=O) groups excluding carboxylic acids is 2. The van der Waals surface area contributed by atoms with Gasteiger partial charge < -0.3 is 9.47 Å². The molecule has 34 heavy (non-hydrogen) atoms. The fraction of sp³-hybridized carbons (Fsp3) is 0.107. The number of hydrazone groups is 1. The van der Waals surface area contributed by atoms with E-state index in [0.29, 0.717) is 34.8 Å². The van der Waals surface area contributed by atoms with E-state index in [-0.39, 0.29) is 5.91 Å². The van der Waals surface area contributed by atoms with Crippen molar-refractivity contribution in [3.8, 4) is 11.5 Å². The molecule has 4 rings (SSSR count). The first-order valence-corrected chi connectivity index (χ1v) is 10.9. The number of nitrogens with one attached hydrogen (secondary N) is 1. The van der Waals surface area contributed by atoms with Gasteiger partial charge >= 0.3 is 5.97 Å². The lowest BCUT2D eigenvalue weighted by atomic mass is 10.0. The minimum absolute atomic E-state index is 0.350. The zero-order valence-corrected chi connectivity index (χ0v) is 18.9. The third-order valence-corrected chi connectivity index (χ3v) is 5.21. The molecule has 0 aliphatic rings. The molecular weight excluding hydrogens is 428 g/mol. The number of fused-ring (bicyclic) bond motifs is 1. The number of benzene rings is 4. The van der Waals surface area contributed by atoms with Gasteiger partial charge in [0.05, 0.1) is 18.4 Å². The highest BCUT2D eigenvalue weighted by Crippen LogP contribution is 2.27. The lowest BCUT2D eigenvalue weighted by Gasteiger charge is -2.11. The average Bonchev–Trinajstić information content (AvgIpc) is 2.86. The van der Waals surface area contributed by atoms with E-state index in [1.165, 1.54) is 6.21 Å². The van der Waals surface area contributed by atoms with Crippen LogP contribution in [0.4, 0.5) is 0 Å². The Kier molecular flexibility index (Phi) is 6.98. The molecule has 170 valence electrons. The SMILES string of the molecule is CCOc1ccc(C(=O)N/N=C\c2c(OC(=O)c3ccc(C)cc3)ccc3ccccc23)cc1. The van der Waals surface area contributed by atoms with E-state index in [9.17, 15) is 9.59 Å². The Morgan fingerprint density at radius 2 is 1.59 bits per heavy atom. The zero-order chi connectivity index (χ0) is 23.9. The highest BCUT2D eigenvalue weighted by molar-refractivity contribution is 6.04. The lowest BCUT2D eigenvalue weighted by molar-refractivity contribution is 0.0734. The molecule has 0 saturated heterocycles. The summed E-state index contributed by atoms with van der Waals surface area (Å²) in [6, 6.07) is 25.3. The van der Waals surface area contributed by atoms with Crippen LogP contribution in [0.5, 0.6) is 11.5 Å². The number of carbonyl (C=O) groups is 2. The molecule has 0 fully saturated rings. The second kappa shape index (κ2) is 10.4. The van der Waals surface area contributed by atoms with Gasteiger partial charge in [-0.25, -0.2) is 10.2 Å². The maximum atomic E-state index is 12.7. The van der Waals surface area contributed by atoms with Crippen LogP contribution in [0.1, 0.15) is 38.8 Å². The minimum Gasteiger partial charge on any atom is -0.494 e. The fourth-order valence-corrected chi connectivity index (χ4v) is 3.44. The molecule has 0 aliphatic heterocycles. The van der Waals surface area contributed by atoms with Gasteiger partial charge in [0.25, 0.3) is 5.91 Å². The Morgan fingerprint density at radius 3 is 2.32 bits per heavy atom. The Morgan fingerprint density at radius 1 is 0.882 bits per heavy atom. The fourth-order valence-electron chi connectivity index (χ4n) is 3.44. The van der Waals surface area contributed by atoms with Crippen LogP contribution in [0.3, 0.4) is 0 Å². The lowest BCUT2D eigenvalue weighted by Crippen LogP contribution is -2.17. The van der Waals surface area contributed by atoms with Crippen molar-refractivity contribution in [1.82, 2.24) is 5.43 Å². The van der Waals surface area contributed by atoms with Crippen molar-refractivity contribution in [1.29, 1.82) is 0 Å². The van der Waals surface area contributed by atoms with Gasteiger partial charge in [0, 0.05) is 11.1 Å². The molecule has 0 aromatic heterocycles.